The molecular formula is C25H44N2O2. The minimum atomic E-state index is 0.608. The van der Waals surface area contributed by atoms with E-state index in [0.29, 0.717) is 5.92 Å². The van der Waals surface area contributed by atoms with Crippen molar-refractivity contribution in [3.63, 3.8) is 0 Å². The van der Waals surface area contributed by atoms with Crippen LogP contribution in [0.15, 0.2) is 24.3 Å². The summed E-state index contributed by atoms with van der Waals surface area (Å²) in [4.78, 5) is 5.10. The molecule has 1 heterocycles. The predicted molar refractivity (Wildman–Crippen MR) is 123 cm³/mol. The molecule has 0 spiro atoms. The molecule has 0 amide bonds. The quantitative estimate of drug-likeness (QED) is 0.416. The molecule has 166 valence electrons. The topological polar surface area (TPSA) is 24.9 Å². The lowest BCUT2D eigenvalue weighted by atomic mass is 10.0. The average molecular weight is 405 g/mol. The molecule has 0 saturated carbocycles. The van der Waals surface area contributed by atoms with E-state index in [0.717, 1.165) is 78.0 Å². The molecule has 0 unspecified atom stereocenters. The van der Waals surface area contributed by atoms with Gasteiger partial charge in [-0.05, 0) is 42.2 Å². The van der Waals surface area contributed by atoms with Crippen LogP contribution in [0.25, 0.3) is 0 Å². The predicted octanol–water partition coefficient (Wildman–Crippen LogP) is 4.79. The molecule has 1 aromatic carbocycles. The third-order valence-corrected chi connectivity index (χ3v) is 5.72. The Bertz CT molecular complexity index is 522. The fourth-order valence-electron chi connectivity index (χ4n) is 3.69. The van der Waals surface area contributed by atoms with E-state index in [2.05, 4.69) is 61.8 Å². The van der Waals surface area contributed by atoms with E-state index < -0.39 is 0 Å². The third-order valence-electron chi connectivity index (χ3n) is 5.72. The zero-order valence-corrected chi connectivity index (χ0v) is 19.4. The zero-order valence-electron chi connectivity index (χ0n) is 19.4. The Balaban J connectivity index is 1.45. The standard InChI is InChI=1S/C25H44N2O2/c1-22(2)7-5-17-28-18-6-19-29-20-16-26-12-14-27(15-13-26)21-24-8-10-25(11-9-24)23(3)4/h8-11,22-23H,5-7,12-21H2,1-4H3. The molecular weight excluding hydrogens is 360 g/mol. The molecule has 4 nitrogen and oxygen atoms in total. The van der Waals surface area contributed by atoms with Gasteiger partial charge < -0.3 is 9.47 Å². The van der Waals surface area contributed by atoms with E-state index in [1.807, 2.05) is 0 Å². The van der Waals surface area contributed by atoms with Crippen molar-refractivity contribution in [2.24, 2.45) is 5.92 Å². The molecule has 1 aliphatic rings. The molecule has 1 fully saturated rings. The van der Waals surface area contributed by atoms with Gasteiger partial charge >= 0.3 is 0 Å². The van der Waals surface area contributed by atoms with Crippen LogP contribution in [0.4, 0.5) is 0 Å². The maximum absolute atomic E-state index is 5.80. The maximum atomic E-state index is 5.80. The van der Waals surface area contributed by atoms with Crippen molar-refractivity contribution in [3.05, 3.63) is 35.4 Å². The molecule has 4 heteroatoms. The minimum Gasteiger partial charge on any atom is -0.381 e. The van der Waals surface area contributed by atoms with Crippen LogP contribution in [-0.4, -0.2) is 69.0 Å². The molecule has 0 radical (unpaired) electrons. The first kappa shape index (κ1) is 24.3. The first-order chi connectivity index (χ1) is 14.0. The summed E-state index contributed by atoms with van der Waals surface area (Å²) in [5.41, 5.74) is 2.86. The maximum Gasteiger partial charge on any atom is 0.0593 e. The van der Waals surface area contributed by atoms with E-state index in [1.165, 1.54) is 24.0 Å². The lowest BCUT2D eigenvalue weighted by Crippen LogP contribution is -2.46. The van der Waals surface area contributed by atoms with Crippen LogP contribution in [0.1, 0.15) is 64.0 Å². The van der Waals surface area contributed by atoms with Crippen molar-refractivity contribution in [1.29, 1.82) is 0 Å². The van der Waals surface area contributed by atoms with Crippen LogP contribution in [0.3, 0.4) is 0 Å². The largest absolute Gasteiger partial charge is 0.381 e. The first-order valence-electron chi connectivity index (χ1n) is 11.7. The second-order valence-electron chi connectivity index (χ2n) is 9.13. The van der Waals surface area contributed by atoms with Gasteiger partial charge in [-0.3, -0.25) is 9.80 Å². The molecule has 1 saturated heterocycles. The van der Waals surface area contributed by atoms with Crippen LogP contribution in [0.2, 0.25) is 0 Å². The Morgan fingerprint density at radius 2 is 1.34 bits per heavy atom. The highest BCUT2D eigenvalue weighted by molar-refractivity contribution is 5.24. The van der Waals surface area contributed by atoms with Gasteiger partial charge in [0.2, 0.25) is 0 Å². The minimum absolute atomic E-state index is 0.608. The molecule has 1 aliphatic heterocycles. The molecule has 1 aromatic rings. The van der Waals surface area contributed by atoms with Crippen LogP contribution in [0, 0.1) is 5.92 Å². The Kier molecular flexibility index (Phi) is 11.9. The van der Waals surface area contributed by atoms with Gasteiger partial charge in [0.25, 0.3) is 0 Å². The fourth-order valence-corrected chi connectivity index (χ4v) is 3.69. The Morgan fingerprint density at radius 3 is 1.97 bits per heavy atom. The normalized spacial score (nSPS) is 16.2. The van der Waals surface area contributed by atoms with Gasteiger partial charge in [-0.1, -0.05) is 52.0 Å². The first-order valence-corrected chi connectivity index (χ1v) is 11.7. The summed E-state index contributed by atoms with van der Waals surface area (Å²) < 4.78 is 11.5. The van der Waals surface area contributed by atoms with E-state index in [1.54, 1.807) is 0 Å². The summed E-state index contributed by atoms with van der Waals surface area (Å²) in [5.74, 6) is 1.39. The van der Waals surface area contributed by atoms with Crippen LogP contribution in [-0.2, 0) is 16.0 Å². The summed E-state index contributed by atoms with van der Waals surface area (Å²) in [6.45, 7) is 19.1. The zero-order chi connectivity index (χ0) is 20.9. The van der Waals surface area contributed by atoms with Crippen molar-refractivity contribution in [1.82, 2.24) is 9.80 Å². The van der Waals surface area contributed by atoms with Gasteiger partial charge in [0.05, 0.1) is 6.61 Å². The van der Waals surface area contributed by atoms with Crippen molar-refractivity contribution in [3.8, 4) is 0 Å². The Hall–Kier alpha value is -0.940. The van der Waals surface area contributed by atoms with E-state index in [-0.39, 0.29) is 0 Å². The van der Waals surface area contributed by atoms with Crippen molar-refractivity contribution in [2.45, 2.75) is 59.4 Å². The van der Waals surface area contributed by atoms with E-state index in [4.69, 9.17) is 9.47 Å². The summed E-state index contributed by atoms with van der Waals surface area (Å²) >= 11 is 0. The number of benzene rings is 1. The molecule has 0 atom stereocenters. The molecule has 0 bridgehead atoms. The fraction of sp³-hybridized carbons (Fsp3) is 0.760. The lowest BCUT2D eigenvalue weighted by Gasteiger charge is -2.34. The van der Waals surface area contributed by atoms with Gasteiger partial charge in [0, 0.05) is 59.1 Å². The average Bonchev–Trinajstić information content (AvgIpc) is 2.71. The number of hydrogen-bond acceptors (Lipinski definition) is 4. The highest BCUT2D eigenvalue weighted by atomic mass is 16.5. The Labute approximate surface area is 179 Å². The van der Waals surface area contributed by atoms with Gasteiger partial charge in [-0.25, -0.2) is 0 Å². The number of rotatable bonds is 14. The second-order valence-corrected chi connectivity index (χ2v) is 9.13. The van der Waals surface area contributed by atoms with Gasteiger partial charge in [-0.15, -0.1) is 0 Å². The van der Waals surface area contributed by atoms with E-state index >= 15 is 0 Å². The molecule has 29 heavy (non-hydrogen) atoms. The highest BCUT2D eigenvalue weighted by Crippen LogP contribution is 2.16. The second kappa shape index (κ2) is 14.1. The van der Waals surface area contributed by atoms with Crippen molar-refractivity contribution >= 4 is 0 Å². The number of hydrogen-bond donors (Lipinski definition) is 0. The van der Waals surface area contributed by atoms with Gasteiger partial charge in [-0.2, -0.15) is 0 Å². The summed E-state index contributed by atoms with van der Waals surface area (Å²) in [7, 11) is 0. The van der Waals surface area contributed by atoms with Gasteiger partial charge in [0.15, 0.2) is 0 Å². The van der Waals surface area contributed by atoms with Gasteiger partial charge in [0.1, 0.15) is 0 Å². The summed E-state index contributed by atoms with van der Waals surface area (Å²) in [5, 5.41) is 0. The van der Waals surface area contributed by atoms with E-state index in [9.17, 15) is 0 Å². The smallest absolute Gasteiger partial charge is 0.0593 e. The lowest BCUT2D eigenvalue weighted by molar-refractivity contribution is 0.0560. The number of ether oxygens (including phenoxy) is 2. The van der Waals surface area contributed by atoms with Crippen molar-refractivity contribution in [2.75, 3.05) is 59.2 Å². The highest BCUT2D eigenvalue weighted by Gasteiger charge is 2.16. The SMILES string of the molecule is CC(C)CCCOCCCOCCN1CCN(Cc2ccc(C(C)C)cc2)CC1. The molecule has 2 rings (SSSR count). The summed E-state index contributed by atoms with van der Waals surface area (Å²) in [6.07, 6.45) is 3.44. The van der Waals surface area contributed by atoms with Crippen LogP contribution < -0.4 is 0 Å². The Morgan fingerprint density at radius 1 is 0.759 bits per heavy atom. The molecule has 0 aromatic heterocycles. The van der Waals surface area contributed by atoms with Crippen molar-refractivity contribution < 1.29 is 9.47 Å². The molecule has 0 N–H and O–H groups in total. The molecule has 0 aliphatic carbocycles. The number of piperazine rings is 1. The van der Waals surface area contributed by atoms with Crippen LogP contribution in [0.5, 0.6) is 0 Å². The number of nitrogens with zero attached hydrogens (tertiary/aromatic N) is 2. The van der Waals surface area contributed by atoms with Crippen LogP contribution >= 0.6 is 0 Å². The monoisotopic (exact) mass is 404 g/mol. The summed E-state index contributed by atoms with van der Waals surface area (Å²) in [6, 6.07) is 9.15. The third kappa shape index (κ3) is 10.6.